The van der Waals surface area contributed by atoms with Crippen molar-refractivity contribution in [2.75, 3.05) is 23.8 Å². The number of ether oxygens (including phenoxy) is 1. The quantitative estimate of drug-likeness (QED) is 0.256. The molecule has 9 heteroatoms. The molecule has 0 bridgehead atoms. The largest absolute Gasteiger partial charge is 0.466 e. The van der Waals surface area contributed by atoms with Crippen molar-refractivity contribution in [3.63, 3.8) is 0 Å². The third kappa shape index (κ3) is 5.50. The second-order valence-electron chi connectivity index (χ2n) is 8.04. The van der Waals surface area contributed by atoms with E-state index in [0.717, 1.165) is 17.0 Å². The Hall–Kier alpha value is -4.71. The molecule has 0 aliphatic rings. The van der Waals surface area contributed by atoms with Crippen LogP contribution >= 0.6 is 0 Å². The number of pyridine rings is 1. The van der Waals surface area contributed by atoms with Crippen LogP contribution in [0.2, 0.25) is 0 Å². The van der Waals surface area contributed by atoms with Crippen LogP contribution in [-0.2, 0) is 23.1 Å². The number of carbonyl (C=O) groups excluding carboxylic acids is 2. The molecule has 4 rings (SSSR count). The van der Waals surface area contributed by atoms with E-state index in [1.165, 1.54) is 0 Å². The first-order chi connectivity index (χ1) is 17.5. The average Bonchev–Trinajstić information content (AvgIpc) is 3.22. The topological polar surface area (TPSA) is 122 Å². The van der Waals surface area contributed by atoms with Crippen LogP contribution in [0.25, 0.3) is 11.0 Å². The lowest BCUT2D eigenvalue weighted by molar-refractivity contribution is -0.142. The third-order valence-corrected chi connectivity index (χ3v) is 5.68. The second-order valence-corrected chi connectivity index (χ2v) is 8.04. The molecule has 2 N–H and O–H groups in total. The van der Waals surface area contributed by atoms with Gasteiger partial charge >= 0.3 is 5.97 Å². The van der Waals surface area contributed by atoms with E-state index in [9.17, 15) is 9.59 Å². The predicted molar refractivity (Wildman–Crippen MR) is 137 cm³/mol. The fourth-order valence-corrected chi connectivity index (χ4v) is 3.79. The Bertz CT molecular complexity index is 1440. The number of rotatable bonds is 10. The van der Waals surface area contributed by atoms with Crippen LogP contribution in [-0.4, -0.2) is 39.4 Å². The van der Waals surface area contributed by atoms with E-state index < -0.39 is 0 Å². The molecule has 0 atom stereocenters. The highest BCUT2D eigenvalue weighted by molar-refractivity contribution is 6.13. The van der Waals surface area contributed by atoms with Crippen LogP contribution in [0.3, 0.4) is 0 Å². The van der Waals surface area contributed by atoms with E-state index in [1.54, 1.807) is 49.5 Å². The molecule has 36 heavy (non-hydrogen) atoms. The molecule has 0 aliphatic heterocycles. The van der Waals surface area contributed by atoms with Gasteiger partial charge in [0.25, 0.3) is 0 Å². The van der Waals surface area contributed by atoms with Gasteiger partial charge in [-0.3, -0.25) is 9.59 Å². The molecule has 4 aromatic rings. The van der Waals surface area contributed by atoms with Crippen molar-refractivity contribution < 1.29 is 14.3 Å². The van der Waals surface area contributed by atoms with Crippen LogP contribution in [0.15, 0.2) is 60.8 Å². The van der Waals surface area contributed by atoms with E-state index in [0.29, 0.717) is 47.7 Å². The molecule has 0 amide bonds. The maximum absolute atomic E-state index is 13.3. The van der Waals surface area contributed by atoms with Crippen LogP contribution in [0.1, 0.15) is 40.7 Å². The molecule has 0 unspecified atom stereocenters. The standard InChI is InChI=1S/C27H26N6O3/c1-3-36-25(34)12-14-30-27-21(5-4-13-29-27)26(35)19-8-11-23-22(15-19)32-24(33(23)2)17-31-20-9-6-18(16-28)7-10-20/h4-11,13,15,31H,3,12,14,17H2,1-2H3,(H,29,30). The summed E-state index contributed by atoms with van der Waals surface area (Å²) in [6, 6.07) is 18.2. The number of esters is 1. The highest BCUT2D eigenvalue weighted by atomic mass is 16.5. The van der Waals surface area contributed by atoms with Gasteiger partial charge in [0, 0.05) is 31.0 Å². The van der Waals surface area contributed by atoms with Crippen molar-refractivity contribution in [1.82, 2.24) is 14.5 Å². The van der Waals surface area contributed by atoms with E-state index in [2.05, 4.69) is 21.7 Å². The van der Waals surface area contributed by atoms with Gasteiger partial charge in [-0.05, 0) is 61.5 Å². The zero-order valence-corrected chi connectivity index (χ0v) is 20.1. The summed E-state index contributed by atoms with van der Waals surface area (Å²) < 4.78 is 6.92. The van der Waals surface area contributed by atoms with Gasteiger partial charge in [-0.25, -0.2) is 9.97 Å². The van der Waals surface area contributed by atoms with Crippen molar-refractivity contribution >= 4 is 34.3 Å². The SMILES string of the molecule is CCOC(=O)CCNc1ncccc1C(=O)c1ccc2c(c1)nc(CNc1ccc(C#N)cc1)n2C. The van der Waals surface area contributed by atoms with E-state index >= 15 is 0 Å². The second kappa shape index (κ2) is 11.1. The van der Waals surface area contributed by atoms with Gasteiger partial charge in [0.15, 0.2) is 5.78 Å². The number of hydrogen-bond donors (Lipinski definition) is 2. The lowest BCUT2D eigenvalue weighted by Gasteiger charge is -2.10. The molecule has 182 valence electrons. The number of nitrogens with zero attached hydrogens (tertiary/aromatic N) is 4. The highest BCUT2D eigenvalue weighted by Crippen LogP contribution is 2.22. The molecule has 2 heterocycles. The Morgan fingerprint density at radius 2 is 1.92 bits per heavy atom. The van der Waals surface area contributed by atoms with Gasteiger partial charge in [-0.15, -0.1) is 0 Å². The smallest absolute Gasteiger partial charge is 0.307 e. The Morgan fingerprint density at radius 3 is 2.67 bits per heavy atom. The number of imidazole rings is 1. The summed E-state index contributed by atoms with van der Waals surface area (Å²) in [6.07, 6.45) is 1.77. The first-order valence-electron chi connectivity index (χ1n) is 11.6. The molecule has 0 spiro atoms. The maximum atomic E-state index is 13.3. The van der Waals surface area contributed by atoms with Gasteiger partial charge in [0.05, 0.1) is 47.8 Å². The van der Waals surface area contributed by atoms with Crippen LogP contribution in [0, 0.1) is 11.3 Å². The summed E-state index contributed by atoms with van der Waals surface area (Å²) in [6.45, 7) is 2.88. The van der Waals surface area contributed by atoms with Crippen LogP contribution in [0.4, 0.5) is 11.5 Å². The Morgan fingerprint density at radius 1 is 1.11 bits per heavy atom. The van der Waals surface area contributed by atoms with Crippen LogP contribution in [0.5, 0.6) is 0 Å². The Kier molecular flexibility index (Phi) is 7.56. The van der Waals surface area contributed by atoms with Crippen LogP contribution < -0.4 is 10.6 Å². The number of benzene rings is 2. The normalized spacial score (nSPS) is 10.6. The van der Waals surface area contributed by atoms with E-state index in [-0.39, 0.29) is 18.2 Å². The number of aryl methyl sites for hydroxylation is 1. The minimum Gasteiger partial charge on any atom is -0.466 e. The zero-order chi connectivity index (χ0) is 25.5. The molecule has 0 radical (unpaired) electrons. The lowest BCUT2D eigenvalue weighted by atomic mass is 10.0. The molecule has 2 aromatic carbocycles. The van der Waals surface area contributed by atoms with Gasteiger partial charge < -0.3 is 19.9 Å². The molecule has 0 saturated carbocycles. The highest BCUT2D eigenvalue weighted by Gasteiger charge is 2.17. The molecule has 9 nitrogen and oxygen atoms in total. The Labute approximate surface area is 208 Å². The van der Waals surface area contributed by atoms with Gasteiger partial charge in [0.1, 0.15) is 11.6 Å². The Balaban J connectivity index is 1.50. The summed E-state index contributed by atoms with van der Waals surface area (Å²) in [4.78, 5) is 33.9. The van der Waals surface area contributed by atoms with Gasteiger partial charge in [-0.1, -0.05) is 0 Å². The van der Waals surface area contributed by atoms with Crippen molar-refractivity contribution in [3.05, 3.63) is 83.3 Å². The summed E-state index contributed by atoms with van der Waals surface area (Å²) in [5.74, 6) is 0.729. The molecule has 0 fully saturated rings. The molecule has 2 aromatic heterocycles. The fraction of sp³-hybridized carbons (Fsp3) is 0.222. The fourth-order valence-electron chi connectivity index (χ4n) is 3.79. The first kappa shape index (κ1) is 24.4. The van der Waals surface area contributed by atoms with Crippen molar-refractivity contribution in [3.8, 4) is 6.07 Å². The van der Waals surface area contributed by atoms with Gasteiger partial charge in [0.2, 0.25) is 0 Å². The molecule has 0 saturated heterocycles. The summed E-state index contributed by atoms with van der Waals surface area (Å²) in [5, 5.41) is 15.3. The van der Waals surface area contributed by atoms with Crippen molar-refractivity contribution in [2.24, 2.45) is 7.05 Å². The summed E-state index contributed by atoms with van der Waals surface area (Å²) >= 11 is 0. The van der Waals surface area contributed by atoms with E-state index in [1.807, 2.05) is 29.8 Å². The van der Waals surface area contributed by atoms with Gasteiger partial charge in [-0.2, -0.15) is 5.26 Å². The monoisotopic (exact) mass is 482 g/mol. The lowest BCUT2D eigenvalue weighted by Crippen LogP contribution is -2.14. The molecular weight excluding hydrogens is 456 g/mol. The molecule has 0 aliphatic carbocycles. The van der Waals surface area contributed by atoms with E-state index in [4.69, 9.17) is 15.0 Å². The number of anilines is 2. The molecular formula is C27H26N6O3. The predicted octanol–water partition coefficient (Wildman–Crippen LogP) is 4.05. The zero-order valence-electron chi connectivity index (χ0n) is 20.1. The minimum atomic E-state index is -0.307. The number of carbonyl (C=O) groups is 2. The first-order valence-corrected chi connectivity index (χ1v) is 11.6. The number of nitriles is 1. The number of nitrogens with one attached hydrogen (secondary N) is 2. The number of ketones is 1. The maximum Gasteiger partial charge on any atom is 0.307 e. The average molecular weight is 483 g/mol. The third-order valence-electron chi connectivity index (χ3n) is 5.68. The minimum absolute atomic E-state index is 0.178. The summed E-state index contributed by atoms with van der Waals surface area (Å²) in [7, 11) is 1.93. The number of fused-ring (bicyclic) bond motifs is 1. The number of hydrogen-bond acceptors (Lipinski definition) is 8. The van der Waals surface area contributed by atoms with Crippen molar-refractivity contribution in [1.29, 1.82) is 5.26 Å². The van der Waals surface area contributed by atoms with Crippen molar-refractivity contribution in [2.45, 2.75) is 19.9 Å². The summed E-state index contributed by atoms with van der Waals surface area (Å²) in [5.41, 5.74) is 4.01. The number of aromatic nitrogens is 3.